The number of imidazole rings is 1. The van der Waals surface area contributed by atoms with Crippen LogP contribution in [0.15, 0.2) is 12.5 Å². The molecule has 1 unspecified atom stereocenters. The minimum atomic E-state index is -0.133. The first-order valence-corrected chi connectivity index (χ1v) is 6.91. The van der Waals surface area contributed by atoms with Crippen LogP contribution in [0.4, 0.5) is 0 Å². The normalized spacial score (nSPS) is 19.3. The fourth-order valence-corrected chi connectivity index (χ4v) is 2.22. The van der Waals surface area contributed by atoms with Gasteiger partial charge in [-0.2, -0.15) is 0 Å². The van der Waals surface area contributed by atoms with Crippen LogP contribution in [0.5, 0.6) is 0 Å². The highest BCUT2D eigenvalue weighted by atomic mass is 16.5. The van der Waals surface area contributed by atoms with Crippen molar-refractivity contribution in [3.63, 3.8) is 0 Å². The average molecular weight is 266 g/mol. The van der Waals surface area contributed by atoms with Crippen LogP contribution in [-0.4, -0.2) is 41.3 Å². The van der Waals surface area contributed by atoms with Gasteiger partial charge in [0, 0.05) is 32.4 Å². The lowest BCUT2D eigenvalue weighted by Crippen LogP contribution is -2.29. The van der Waals surface area contributed by atoms with Crippen LogP contribution in [-0.2, 0) is 11.3 Å². The first-order valence-electron chi connectivity index (χ1n) is 6.91. The highest BCUT2D eigenvalue weighted by Gasteiger charge is 2.14. The van der Waals surface area contributed by atoms with E-state index in [2.05, 4.69) is 10.3 Å². The Balaban J connectivity index is 1.70. The predicted octanol–water partition coefficient (Wildman–Crippen LogP) is 0.531. The Bertz CT molecular complexity index is 399. The number of aromatic nitrogens is 2. The number of hydrogen-bond acceptors (Lipinski definition) is 4. The summed E-state index contributed by atoms with van der Waals surface area (Å²) in [6.07, 6.45) is 7.99. The predicted molar refractivity (Wildman–Crippen MR) is 71.8 cm³/mol. The molecule has 1 aliphatic rings. The van der Waals surface area contributed by atoms with Crippen molar-refractivity contribution >= 4 is 5.91 Å². The second-order valence-electron chi connectivity index (χ2n) is 4.82. The second kappa shape index (κ2) is 7.25. The van der Waals surface area contributed by atoms with Gasteiger partial charge >= 0.3 is 0 Å². The van der Waals surface area contributed by atoms with E-state index >= 15 is 0 Å². The Morgan fingerprint density at radius 1 is 1.58 bits per heavy atom. The Labute approximate surface area is 113 Å². The largest absolute Gasteiger partial charge is 0.378 e. The van der Waals surface area contributed by atoms with Crippen molar-refractivity contribution in [3.8, 4) is 0 Å². The third kappa shape index (κ3) is 4.33. The smallest absolute Gasteiger partial charge is 0.271 e. The van der Waals surface area contributed by atoms with Crippen LogP contribution >= 0.6 is 0 Å². The minimum absolute atomic E-state index is 0.133. The van der Waals surface area contributed by atoms with Crippen molar-refractivity contribution < 1.29 is 9.53 Å². The van der Waals surface area contributed by atoms with Crippen molar-refractivity contribution in [1.82, 2.24) is 14.9 Å². The first-order chi connectivity index (χ1) is 9.29. The molecule has 1 atom stereocenters. The molecule has 19 heavy (non-hydrogen) atoms. The third-order valence-electron chi connectivity index (χ3n) is 3.28. The molecule has 6 heteroatoms. The van der Waals surface area contributed by atoms with Crippen LogP contribution in [0.1, 0.15) is 36.2 Å². The molecule has 0 aromatic carbocycles. The number of rotatable bonds is 6. The Kier molecular flexibility index (Phi) is 5.35. The number of carbonyl (C=O) groups is 1. The molecule has 1 fully saturated rings. The van der Waals surface area contributed by atoms with Crippen molar-refractivity contribution in [1.29, 1.82) is 0 Å². The van der Waals surface area contributed by atoms with Crippen molar-refractivity contribution in [3.05, 3.63) is 18.2 Å². The summed E-state index contributed by atoms with van der Waals surface area (Å²) >= 11 is 0. The van der Waals surface area contributed by atoms with Gasteiger partial charge in [-0.25, -0.2) is 4.98 Å². The summed E-state index contributed by atoms with van der Waals surface area (Å²) in [5.74, 6) is -0.133. The van der Waals surface area contributed by atoms with Gasteiger partial charge in [-0.15, -0.1) is 0 Å². The van der Waals surface area contributed by atoms with E-state index in [4.69, 9.17) is 10.5 Å². The molecule has 6 nitrogen and oxygen atoms in total. The number of hydrogen-bond donors (Lipinski definition) is 2. The van der Waals surface area contributed by atoms with Gasteiger partial charge in [0.2, 0.25) is 0 Å². The fraction of sp³-hybridized carbons (Fsp3) is 0.692. The lowest BCUT2D eigenvalue weighted by atomic mass is 10.1. The van der Waals surface area contributed by atoms with Crippen LogP contribution in [0.2, 0.25) is 0 Å². The second-order valence-corrected chi connectivity index (χ2v) is 4.82. The van der Waals surface area contributed by atoms with Crippen LogP contribution in [0.25, 0.3) is 0 Å². The summed E-state index contributed by atoms with van der Waals surface area (Å²) in [4.78, 5) is 15.9. The molecule has 0 spiro atoms. The van der Waals surface area contributed by atoms with Crippen molar-refractivity contribution in [2.24, 2.45) is 5.73 Å². The molecule has 0 aliphatic carbocycles. The standard InChI is InChI=1S/C13H22N4O2/c14-5-7-17-9-12(16-10-17)13(18)15-6-4-11-3-1-2-8-19-11/h9-11H,1-8,14H2,(H,15,18). The van der Waals surface area contributed by atoms with E-state index in [1.54, 1.807) is 12.5 Å². The highest BCUT2D eigenvalue weighted by molar-refractivity contribution is 5.91. The van der Waals surface area contributed by atoms with E-state index in [1.165, 1.54) is 6.42 Å². The lowest BCUT2D eigenvalue weighted by Gasteiger charge is -2.22. The van der Waals surface area contributed by atoms with Gasteiger partial charge in [0.05, 0.1) is 12.4 Å². The third-order valence-corrected chi connectivity index (χ3v) is 3.28. The maximum atomic E-state index is 11.8. The van der Waals surface area contributed by atoms with Gasteiger partial charge in [0.1, 0.15) is 5.69 Å². The van der Waals surface area contributed by atoms with Gasteiger partial charge in [0.25, 0.3) is 5.91 Å². The van der Waals surface area contributed by atoms with E-state index < -0.39 is 0 Å². The first kappa shape index (κ1) is 14.0. The van der Waals surface area contributed by atoms with Crippen LogP contribution < -0.4 is 11.1 Å². The molecule has 0 bridgehead atoms. The molecular formula is C13H22N4O2. The van der Waals surface area contributed by atoms with Crippen LogP contribution in [0, 0.1) is 0 Å². The summed E-state index contributed by atoms with van der Waals surface area (Å²) < 4.78 is 7.44. The Morgan fingerprint density at radius 2 is 2.47 bits per heavy atom. The summed E-state index contributed by atoms with van der Waals surface area (Å²) in [5.41, 5.74) is 5.89. The van der Waals surface area contributed by atoms with E-state index in [9.17, 15) is 4.79 Å². The highest BCUT2D eigenvalue weighted by Crippen LogP contribution is 2.14. The van der Waals surface area contributed by atoms with Gasteiger partial charge < -0.3 is 20.4 Å². The van der Waals surface area contributed by atoms with E-state index in [0.29, 0.717) is 31.4 Å². The molecule has 1 saturated heterocycles. The molecule has 1 amide bonds. The van der Waals surface area contributed by atoms with Gasteiger partial charge in [-0.05, 0) is 25.7 Å². The summed E-state index contributed by atoms with van der Waals surface area (Å²) in [5, 5.41) is 2.88. The van der Waals surface area contributed by atoms with Crippen molar-refractivity contribution in [2.45, 2.75) is 38.3 Å². The molecule has 106 valence electrons. The number of amides is 1. The molecule has 0 saturated carbocycles. The zero-order valence-electron chi connectivity index (χ0n) is 11.2. The zero-order chi connectivity index (χ0) is 13.5. The minimum Gasteiger partial charge on any atom is -0.378 e. The summed E-state index contributed by atoms with van der Waals surface area (Å²) in [6, 6.07) is 0. The number of ether oxygens (including phenoxy) is 1. The molecule has 2 rings (SSSR count). The number of nitrogens with zero attached hydrogens (tertiary/aromatic N) is 2. The van der Waals surface area contributed by atoms with Gasteiger partial charge in [0.15, 0.2) is 0 Å². The topological polar surface area (TPSA) is 82.2 Å². The maximum Gasteiger partial charge on any atom is 0.271 e. The molecule has 3 N–H and O–H groups in total. The fourth-order valence-electron chi connectivity index (χ4n) is 2.22. The van der Waals surface area contributed by atoms with E-state index in [0.717, 1.165) is 25.9 Å². The molecule has 1 aromatic rings. The van der Waals surface area contributed by atoms with E-state index in [1.807, 2.05) is 4.57 Å². The molecular weight excluding hydrogens is 244 g/mol. The number of carbonyl (C=O) groups excluding carboxylic acids is 1. The summed E-state index contributed by atoms with van der Waals surface area (Å²) in [7, 11) is 0. The molecule has 2 heterocycles. The number of nitrogens with two attached hydrogens (primary N) is 1. The van der Waals surface area contributed by atoms with Gasteiger partial charge in [-0.1, -0.05) is 0 Å². The van der Waals surface area contributed by atoms with Crippen molar-refractivity contribution in [2.75, 3.05) is 19.7 Å². The summed E-state index contributed by atoms with van der Waals surface area (Å²) in [6.45, 7) is 2.70. The van der Waals surface area contributed by atoms with Gasteiger partial charge in [-0.3, -0.25) is 4.79 Å². The Morgan fingerprint density at radius 3 is 3.21 bits per heavy atom. The maximum absolute atomic E-state index is 11.8. The molecule has 1 aromatic heterocycles. The SMILES string of the molecule is NCCn1cnc(C(=O)NCCC2CCCCO2)c1. The van der Waals surface area contributed by atoms with Crippen LogP contribution in [0.3, 0.4) is 0 Å². The molecule has 1 aliphatic heterocycles. The zero-order valence-corrected chi connectivity index (χ0v) is 11.2. The number of nitrogens with one attached hydrogen (secondary N) is 1. The average Bonchev–Trinajstić information content (AvgIpc) is 2.89. The quantitative estimate of drug-likeness (QED) is 0.787. The monoisotopic (exact) mass is 266 g/mol. The van der Waals surface area contributed by atoms with E-state index in [-0.39, 0.29) is 5.91 Å². The lowest BCUT2D eigenvalue weighted by molar-refractivity contribution is 0.0117. The Hall–Kier alpha value is -1.40. The molecule has 0 radical (unpaired) electrons.